The number of nitrogens with two attached hydrogens (primary N) is 1. The molecule has 6 heteroatoms. The highest BCUT2D eigenvalue weighted by atomic mass is 79.9. The van der Waals surface area contributed by atoms with Crippen LogP contribution in [0.1, 0.15) is 37.7 Å². The average Bonchev–Trinajstić information content (AvgIpc) is 2.54. The molecular weight excluding hydrogens is 392 g/mol. The summed E-state index contributed by atoms with van der Waals surface area (Å²) in [4.78, 5) is 12.8. The smallest absolute Gasteiger partial charge is 0.227 e. The second kappa shape index (κ2) is 8.17. The lowest BCUT2D eigenvalue weighted by atomic mass is 9.64. The summed E-state index contributed by atoms with van der Waals surface area (Å²) in [5, 5.41) is 3.22. The molecule has 1 amide bonds. The number of amides is 1. The van der Waals surface area contributed by atoms with Gasteiger partial charge in [-0.1, -0.05) is 34.5 Å². The number of hydrogen-bond acceptors (Lipinski definition) is 3. The molecule has 3 N–H and O–H groups in total. The van der Waals surface area contributed by atoms with Crippen molar-refractivity contribution in [3.8, 4) is 0 Å². The van der Waals surface area contributed by atoms with Gasteiger partial charge in [0.1, 0.15) is 0 Å². The van der Waals surface area contributed by atoms with Gasteiger partial charge in [0.25, 0.3) is 0 Å². The van der Waals surface area contributed by atoms with E-state index in [1.165, 1.54) is 12.0 Å². The van der Waals surface area contributed by atoms with Crippen LogP contribution in [0, 0.1) is 5.41 Å². The van der Waals surface area contributed by atoms with Gasteiger partial charge in [0, 0.05) is 36.2 Å². The molecule has 0 atom stereocenters. The molecule has 0 radical (unpaired) electrons. The number of ether oxygens (including phenoxy) is 1. The van der Waals surface area contributed by atoms with E-state index >= 15 is 0 Å². The fraction of sp³-hybridized carbons (Fsp3) is 0.611. The monoisotopic (exact) mass is 416 g/mol. The lowest BCUT2D eigenvalue weighted by Gasteiger charge is -2.44. The fourth-order valence-electron chi connectivity index (χ4n) is 3.71. The summed E-state index contributed by atoms with van der Waals surface area (Å²) in [6.07, 6.45) is 4.92. The van der Waals surface area contributed by atoms with Gasteiger partial charge in [0.2, 0.25) is 5.91 Å². The number of carbonyl (C=O) groups excluding carboxylic acids is 1. The van der Waals surface area contributed by atoms with E-state index in [1.807, 2.05) is 6.07 Å². The van der Waals surface area contributed by atoms with Crippen molar-refractivity contribution in [1.82, 2.24) is 5.32 Å². The molecule has 2 fully saturated rings. The van der Waals surface area contributed by atoms with E-state index < -0.39 is 5.41 Å². The van der Waals surface area contributed by atoms with E-state index in [0.717, 1.165) is 30.2 Å². The first-order valence-corrected chi connectivity index (χ1v) is 9.22. The molecule has 1 aromatic carbocycles. The van der Waals surface area contributed by atoms with Gasteiger partial charge in [0.15, 0.2) is 0 Å². The molecular formula is C18H26BrClN2O2. The minimum absolute atomic E-state index is 0. The van der Waals surface area contributed by atoms with Gasteiger partial charge in [-0.15, -0.1) is 12.4 Å². The van der Waals surface area contributed by atoms with Crippen molar-refractivity contribution in [3.63, 3.8) is 0 Å². The lowest BCUT2D eigenvalue weighted by Crippen LogP contribution is -2.53. The summed E-state index contributed by atoms with van der Waals surface area (Å²) in [6.45, 7) is 2.35. The number of benzene rings is 1. The standard InChI is InChI=1S/C18H25BrN2O2.ClH/c19-15-4-1-3-14(11-15)18(5-2-6-18)13-21-16(22)17(12-20)7-9-23-10-8-17;/h1,3-4,11H,2,5-10,12-13,20H2,(H,21,22);1H. The highest BCUT2D eigenvalue weighted by Crippen LogP contribution is 2.44. The molecule has 3 rings (SSSR count). The van der Waals surface area contributed by atoms with Crippen LogP contribution >= 0.6 is 28.3 Å². The maximum Gasteiger partial charge on any atom is 0.227 e. The van der Waals surface area contributed by atoms with Crippen molar-refractivity contribution in [2.45, 2.75) is 37.5 Å². The molecule has 0 unspecified atom stereocenters. The van der Waals surface area contributed by atoms with Gasteiger partial charge < -0.3 is 15.8 Å². The molecule has 1 aromatic rings. The van der Waals surface area contributed by atoms with E-state index in [1.54, 1.807) is 0 Å². The van der Waals surface area contributed by atoms with Crippen molar-refractivity contribution in [3.05, 3.63) is 34.3 Å². The maximum atomic E-state index is 12.8. The summed E-state index contributed by atoms with van der Waals surface area (Å²) < 4.78 is 6.49. The van der Waals surface area contributed by atoms with Crippen LogP contribution in [0.2, 0.25) is 0 Å². The van der Waals surface area contributed by atoms with Crippen LogP contribution in [0.5, 0.6) is 0 Å². The first-order valence-electron chi connectivity index (χ1n) is 8.42. The topological polar surface area (TPSA) is 64.4 Å². The first-order chi connectivity index (χ1) is 11.1. The summed E-state index contributed by atoms with van der Waals surface area (Å²) >= 11 is 3.55. The van der Waals surface area contributed by atoms with Crippen molar-refractivity contribution < 1.29 is 9.53 Å². The third kappa shape index (κ3) is 3.79. The van der Waals surface area contributed by atoms with Crippen LogP contribution in [0.4, 0.5) is 0 Å². The predicted molar refractivity (Wildman–Crippen MR) is 101 cm³/mol. The van der Waals surface area contributed by atoms with Gasteiger partial charge in [-0.2, -0.15) is 0 Å². The SMILES string of the molecule is Cl.NCC1(C(=O)NCC2(c3cccc(Br)c3)CCC2)CCOCC1. The van der Waals surface area contributed by atoms with E-state index in [9.17, 15) is 4.79 Å². The molecule has 1 heterocycles. The molecule has 1 saturated carbocycles. The Labute approximate surface area is 158 Å². The maximum absolute atomic E-state index is 12.8. The molecule has 1 aliphatic heterocycles. The Hall–Kier alpha value is -0.620. The Morgan fingerprint density at radius 2 is 1.96 bits per heavy atom. The fourth-order valence-corrected chi connectivity index (χ4v) is 4.11. The van der Waals surface area contributed by atoms with Crippen molar-refractivity contribution in [1.29, 1.82) is 0 Å². The third-order valence-electron chi connectivity index (χ3n) is 5.66. The van der Waals surface area contributed by atoms with Crippen LogP contribution in [0.15, 0.2) is 28.7 Å². The minimum Gasteiger partial charge on any atom is -0.381 e. The quantitative estimate of drug-likeness (QED) is 0.773. The molecule has 0 spiro atoms. The molecule has 4 nitrogen and oxygen atoms in total. The normalized spacial score (nSPS) is 21.2. The summed E-state index contributed by atoms with van der Waals surface area (Å²) in [5.41, 5.74) is 6.89. The summed E-state index contributed by atoms with van der Waals surface area (Å²) in [6, 6.07) is 8.46. The second-order valence-corrected chi connectivity index (χ2v) is 7.84. The molecule has 0 bridgehead atoms. The molecule has 1 aliphatic carbocycles. The highest BCUT2D eigenvalue weighted by Gasteiger charge is 2.42. The lowest BCUT2D eigenvalue weighted by molar-refractivity contribution is -0.136. The van der Waals surface area contributed by atoms with E-state index in [0.29, 0.717) is 26.3 Å². The molecule has 2 aliphatic rings. The summed E-state index contributed by atoms with van der Waals surface area (Å²) in [7, 11) is 0. The van der Waals surface area contributed by atoms with E-state index in [4.69, 9.17) is 10.5 Å². The number of hydrogen-bond donors (Lipinski definition) is 2. The van der Waals surface area contributed by atoms with Gasteiger partial charge in [-0.05, 0) is 43.4 Å². The van der Waals surface area contributed by atoms with Crippen molar-refractivity contribution in [2.24, 2.45) is 11.1 Å². The largest absolute Gasteiger partial charge is 0.381 e. The molecule has 134 valence electrons. The zero-order valence-corrected chi connectivity index (χ0v) is 16.3. The predicted octanol–water partition coefficient (Wildman–Crippen LogP) is 3.16. The Balaban J connectivity index is 0.00000208. The Morgan fingerprint density at radius 1 is 1.25 bits per heavy atom. The van der Waals surface area contributed by atoms with Crippen LogP contribution in [0.3, 0.4) is 0 Å². The first kappa shape index (κ1) is 19.7. The second-order valence-electron chi connectivity index (χ2n) is 6.92. The molecule has 1 saturated heterocycles. The van der Waals surface area contributed by atoms with Crippen molar-refractivity contribution >= 4 is 34.2 Å². The number of carbonyl (C=O) groups is 1. The highest BCUT2D eigenvalue weighted by molar-refractivity contribution is 9.10. The number of halogens is 2. The van der Waals surface area contributed by atoms with Gasteiger partial charge >= 0.3 is 0 Å². The van der Waals surface area contributed by atoms with Crippen LogP contribution in [-0.2, 0) is 14.9 Å². The number of rotatable bonds is 5. The van der Waals surface area contributed by atoms with Gasteiger partial charge in [-0.25, -0.2) is 0 Å². The van der Waals surface area contributed by atoms with Crippen molar-refractivity contribution in [2.75, 3.05) is 26.3 Å². The van der Waals surface area contributed by atoms with E-state index in [2.05, 4.69) is 39.4 Å². The van der Waals surface area contributed by atoms with Gasteiger partial charge in [0.05, 0.1) is 5.41 Å². The van der Waals surface area contributed by atoms with Crippen LogP contribution < -0.4 is 11.1 Å². The molecule has 0 aromatic heterocycles. The minimum atomic E-state index is -0.444. The third-order valence-corrected chi connectivity index (χ3v) is 6.15. The van der Waals surface area contributed by atoms with Gasteiger partial charge in [-0.3, -0.25) is 4.79 Å². The van der Waals surface area contributed by atoms with Crippen LogP contribution in [-0.4, -0.2) is 32.2 Å². The zero-order valence-electron chi connectivity index (χ0n) is 13.9. The van der Waals surface area contributed by atoms with Crippen LogP contribution in [0.25, 0.3) is 0 Å². The Bertz CT molecular complexity index is 572. The van der Waals surface area contributed by atoms with E-state index in [-0.39, 0.29) is 23.7 Å². The zero-order chi connectivity index (χ0) is 16.3. The Kier molecular flexibility index (Phi) is 6.71. The number of nitrogens with one attached hydrogen (secondary N) is 1. The summed E-state index contributed by atoms with van der Waals surface area (Å²) in [5.74, 6) is 0.101. The Morgan fingerprint density at radius 3 is 2.50 bits per heavy atom. The average molecular weight is 418 g/mol. The molecule has 24 heavy (non-hydrogen) atoms.